The smallest absolute Gasteiger partial charge is 0.336 e. The number of carbonyl (C=O) groups excluding carboxylic acids is 1. The van der Waals surface area contributed by atoms with E-state index in [4.69, 9.17) is 29.9 Å². The number of amides is 1. The summed E-state index contributed by atoms with van der Waals surface area (Å²) in [7, 11) is 0. The second-order valence-electron chi connectivity index (χ2n) is 7.87. The summed E-state index contributed by atoms with van der Waals surface area (Å²) in [6, 6.07) is 10.8. The lowest BCUT2D eigenvalue weighted by Gasteiger charge is -2.18. The Kier molecular flexibility index (Phi) is 8.89. The summed E-state index contributed by atoms with van der Waals surface area (Å²) in [6.07, 6.45) is 0.642. The number of aliphatic hydroxyl groups is 1. The summed E-state index contributed by atoms with van der Waals surface area (Å²) >= 11 is 0. The number of pyridine rings is 1. The lowest BCUT2D eigenvalue weighted by atomic mass is 9.96. The molecule has 3 aromatic rings. The predicted molar refractivity (Wildman–Crippen MR) is 125 cm³/mol. The zero-order valence-electron chi connectivity index (χ0n) is 19.6. The van der Waals surface area contributed by atoms with Gasteiger partial charge in [-0.2, -0.15) is 5.10 Å². The Morgan fingerprint density at radius 1 is 0.947 bits per heavy atom. The number of para-hydroxylation sites is 2. The van der Waals surface area contributed by atoms with Crippen LogP contribution in [0.1, 0.15) is 18.7 Å². The Hall–Kier alpha value is -5.05. The van der Waals surface area contributed by atoms with Crippen LogP contribution in [0, 0.1) is 0 Å². The quantitative estimate of drug-likeness (QED) is 0.204. The normalized spacial score (nSPS) is 12.2. The number of hydrogen-bond donors (Lipinski definition) is 6. The van der Waals surface area contributed by atoms with Gasteiger partial charge < -0.3 is 35.2 Å². The Balaban J connectivity index is 0.000000263. The summed E-state index contributed by atoms with van der Waals surface area (Å²) in [5.41, 5.74) is -1.86. The number of aliphatic carboxylic acids is 3. The van der Waals surface area contributed by atoms with Crippen molar-refractivity contribution in [1.82, 2.24) is 25.5 Å². The van der Waals surface area contributed by atoms with Crippen LogP contribution in [0.4, 0.5) is 0 Å². The van der Waals surface area contributed by atoms with E-state index in [1.165, 1.54) is 0 Å². The van der Waals surface area contributed by atoms with E-state index in [9.17, 15) is 19.2 Å². The Bertz CT molecular complexity index is 1260. The van der Waals surface area contributed by atoms with Gasteiger partial charge in [0, 0.05) is 30.9 Å². The number of aromatic nitrogens is 4. The first kappa shape index (κ1) is 27.5. The van der Waals surface area contributed by atoms with E-state index < -0.39 is 42.6 Å². The highest BCUT2D eigenvalue weighted by atomic mass is 16.7. The molecule has 0 unspecified atom stereocenters. The van der Waals surface area contributed by atoms with Crippen molar-refractivity contribution in [2.75, 3.05) is 6.54 Å². The van der Waals surface area contributed by atoms with Crippen LogP contribution in [-0.2, 0) is 25.6 Å². The molecule has 1 aliphatic heterocycles. The van der Waals surface area contributed by atoms with Crippen molar-refractivity contribution in [3.8, 4) is 22.9 Å². The minimum atomic E-state index is -2.74. The topological polar surface area (TPSA) is 234 Å². The molecule has 0 aliphatic carbocycles. The maximum Gasteiger partial charge on any atom is 0.336 e. The molecular formula is C23H23N5O10. The SMILES string of the molecule is O=C(NCCc1nc(-c2ccncc2)n[nH]1)C1Oc2ccccc2O1.O=C(O)CC(O)(CC(=O)O)C(=O)O. The van der Waals surface area contributed by atoms with Gasteiger partial charge in [0.2, 0.25) is 0 Å². The van der Waals surface area contributed by atoms with Crippen molar-refractivity contribution in [2.45, 2.75) is 31.2 Å². The average Bonchev–Trinajstić information content (AvgIpc) is 3.51. The third-order valence-electron chi connectivity index (χ3n) is 4.95. The van der Waals surface area contributed by atoms with Crippen molar-refractivity contribution in [1.29, 1.82) is 0 Å². The molecule has 2 aromatic heterocycles. The molecular weight excluding hydrogens is 506 g/mol. The molecule has 1 amide bonds. The van der Waals surface area contributed by atoms with Crippen LogP contribution in [0.2, 0.25) is 0 Å². The van der Waals surface area contributed by atoms with Gasteiger partial charge in [-0.3, -0.25) is 24.5 Å². The number of hydrogen-bond acceptors (Lipinski definition) is 10. The number of fused-ring (bicyclic) bond motifs is 1. The molecule has 0 radical (unpaired) electrons. The molecule has 0 spiro atoms. The standard InChI is InChI=1S/C17H15N5O3.C6H8O7/c23-16(17-24-12-3-1-2-4-13(12)25-17)19-10-7-14-20-15(22-21-14)11-5-8-18-9-6-11;7-3(8)1-6(13,5(11)12)2-4(9)10/h1-6,8-9,17H,7,10H2,(H,19,23)(H,20,21,22);13H,1-2H2,(H,7,8)(H,9,10)(H,11,12). The van der Waals surface area contributed by atoms with E-state index in [1.807, 2.05) is 24.3 Å². The van der Waals surface area contributed by atoms with E-state index in [-0.39, 0.29) is 5.91 Å². The first-order valence-electron chi connectivity index (χ1n) is 11.0. The average molecular weight is 529 g/mol. The van der Waals surface area contributed by atoms with Crippen molar-refractivity contribution >= 4 is 23.8 Å². The number of aromatic amines is 1. The fourth-order valence-corrected chi connectivity index (χ4v) is 3.15. The first-order valence-corrected chi connectivity index (χ1v) is 11.0. The largest absolute Gasteiger partial charge is 0.481 e. The minimum Gasteiger partial charge on any atom is -0.481 e. The van der Waals surface area contributed by atoms with Crippen LogP contribution < -0.4 is 14.8 Å². The maximum absolute atomic E-state index is 12.1. The van der Waals surface area contributed by atoms with Gasteiger partial charge in [0.05, 0.1) is 12.8 Å². The minimum absolute atomic E-state index is 0.329. The number of carboxylic acids is 3. The lowest BCUT2D eigenvalue weighted by Crippen LogP contribution is -2.42. The van der Waals surface area contributed by atoms with Crippen molar-refractivity contribution in [3.63, 3.8) is 0 Å². The zero-order valence-corrected chi connectivity index (χ0v) is 19.6. The van der Waals surface area contributed by atoms with Crippen molar-refractivity contribution < 1.29 is 49.1 Å². The third kappa shape index (κ3) is 7.47. The summed E-state index contributed by atoms with van der Waals surface area (Å²) in [5.74, 6) is -2.93. The molecule has 4 rings (SSSR count). The van der Waals surface area contributed by atoms with E-state index in [2.05, 4.69) is 25.5 Å². The van der Waals surface area contributed by atoms with Gasteiger partial charge in [0.1, 0.15) is 5.82 Å². The van der Waals surface area contributed by atoms with Crippen LogP contribution in [0.5, 0.6) is 11.5 Å². The molecule has 0 fully saturated rings. The number of H-pyrrole nitrogens is 1. The zero-order chi connectivity index (χ0) is 27.7. The van der Waals surface area contributed by atoms with Gasteiger partial charge in [-0.1, -0.05) is 12.1 Å². The van der Waals surface area contributed by atoms with Gasteiger partial charge >= 0.3 is 30.1 Å². The van der Waals surface area contributed by atoms with E-state index in [1.54, 1.807) is 24.5 Å². The number of nitrogens with zero attached hydrogens (tertiary/aromatic N) is 3. The van der Waals surface area contributed by atoms with Crippen molar-refractivity contribution in [3.05, 3.63) is 54.6 Å². The molecule has 1 aliphatic rings. The second kappa shape index (κ2) is 12.3. The van der Waals surface area contributed by atoms with E-state index >= 15 is 0 Å². The summed E-state index contributed by atoms with van der Waals surface area (Å²) < 4.78 is 10.9. The summed E-state index contributed by atoms with van der Waals surface area (Å²) in [5, 5.41) is 43.6. The van der Waals surface area contributed by atoms with Crippen LogP contribution in [0.15, 0.2) is 48.8 Å². The van der Waals surface area contributed by atoms with Crippen molar-refractivity contribution in [2.24, 2.45) is 0 Å². The lowest BCUT2D eigenvalue weighted by molar-refractivity contribution is -0.170. The molecule has 0 bridgehead atoms. The fraction of sp³-hybridized carbons (Fsp3) is 0.261. The summed E-state index contributed by atoms with van der Waals surface area (Å²) in [4.78, 5) is 51.0. The molecule has 15 nitrogen and oxygen atoms in total. The number of nitrogens with one attached hydrogen (secondary N) is 2. The molecule has 38 heavy (non-hydrogen) atoms. The molecule has 1 aromatic carbocycles. The van der Waals surface area contributed by atoms with E-state index in [0.717, 1.165) is 5.56 Å². The number of ether oxygens (including phenoxy) is 2. The molecule has 0 atom stereocenters. The van der Waals surface area contributed by atoms with Crippen LogP contribution in [0.3, 0.4) is 0 Å². The molecule has 200 valence electrons. The first-order chi connectivity index (χ1) is 18.1. The molecule has 15 heteroatoms. The van der Waals surface area contributed by atoms with Crippen LogP contribution >= 0.6 is 0 Å². The van der Waals surface area contributed by atoms with Gasteiger partial charge in [0.25, 0.3) is 0 Å². The number of carboxylic acid groups (broad SMARTS) is 3. The number of rotatable bonds is 10. The Labute approximate surface area is 214 Å². The van der Waals surface area contributed by atoms with Gasteiger partial charge in [-0.15, -0.1) is 0 Å². The maximum atomic E-state index is 12.1. The molecule has 6 N–H and O–H groups in total. The monoisotopic (exact) mass is 529 g/mol. The number of carbonyl (C=O) groups is 4. The fourth-order valence-electron chi connectivity index (χ4n) is 3.15. The van der Waals surface area contributed by atoms with Gasteiger partial charge in [-0.25, -0.2) is 9.78 Å². The van der Waals surface area contributed by atoms with Gasteiger partial charge in [-0.05, 0) is 24.3 Å². The van der Waals surface area contributed by atoms with Crippen LogP contribution in [-0.4, -0.2) is 82.8 Å². The summed E-state index contributed by atoms with van der Waals surface area (Å²) in [6.45, 7) is 0.392. The third-order valence-corrected chi connectivity index (χ3v) is 4.95. The Morgan fingerprint density at radius 3 is 2.05 bits per heavy atom. The molecule has 3 heterocycles. The highest BCUT2D eigenvalue weighted by molar-refractivity contribution is 5.88. The highest BCUT2D eigenvalue weighted by Crippen LogP contribution is 2.33. The molecule has 0 saturated carbocycles. The highest BCUT2D eigenvalue weighted by Gasteiger charge is 2.40. The second-order valence-corrected chi connectivity index (χ2v) is 7.87. The molecule has 0 saturated heterocycles. The van der Waals surface area contributed by atoms with E-state index in [0.29, 0.717) is 36.1 Å². The Morgan fingerprint density at radius 2 is 1.53 bits per heavy atom. The number of benzene rings is 1. The van der Waals surface area contributed by atoms with Gasteiger partial charge in [0.15, 0.2) is 22.9 Å². The van der Waals surface area contributed by atoms with Crippen LogP contribution in [0.25, 0.3) is 11.4 Å². The predicted octanol–water partition coefficient (Wildman–Crippen LogP) is 0.0744.